The molecule has 0 fully saturated rings. The molecule has 0 spiro atoms. The van der Waals surface area contributed by atoms with Gasteiger partial charge in [0.1, 0.15) is 11.6 Å². The van der Waals surface area contributed by atoms with Gasteiger partial charge in [-0.15, -0.1) is 0 Å². The molecular formula is C14H18N2O. The van der Waals surface area contributed by atoms with Crippen LogP contribution >= 0.6 is 0 Å². The van der Waals surface area contributed by atoms with Crippen molar-refractivity contribution in [3.8, 4) is 5.75 Å². The van der Waals surface area contributed by atoms with Gasteiger partial charge < -0.3 is 9.30 Å². The van der Waals surface area contributed by atoms with Crippen LogP contribution in [0.25, 0.3) is 0 Å². The number of aromatic nitrogens is 2. The predicted octanol–water partition coefficient (Wildman–Crippen LogP) is 2.66. The Morgan fingerprint density at radius 1 is 1.29 bits per heavy atom. The van der Waals surface area contributed by atoms with Crippen LogP contribution in [0.4, 0.5) is 0 Å². The van der Waals surface area contributed by atoms with Gasteiger partial charge in [-0.25, -0.2) is 4.98 Å². The van der Waals surface area contributed by atoms with E-state index in [-0.39, 0.29) is 0 Å². The van der Waals surface area contributed by atoms with Gasteiger partial charge in [0.2, 0.25) is 0 Å². The SMILES string of the molecule is Cc1cccc(OCCc2nccn2C)c1C. The molecule has 90 valence electrons. The molecule has 0 aliphatic rings. The first-order valence-corrected chi connectivity index (χ1v) is 5.83. The van der Waals surface area contributed by atoms with Crippen LogP contribution in [-0.4, -0.2) is 16.2 Å². The van der Waals surface area contributed by atoms with Crippen molar-refractivity contribution in [2.45, 2.75) is 20.3 Å². The normalized spacial score (nSPS) is 10.5. The zero-order chi connectivity index (χ0) is 12.3. The molecular weight excluding hydrogens is 212 g/mol. The third-order valence-corrected chi connectivity index (χ3v) is 3.06. The summed E-state index contributed by atoms with van der Waals surface area (Å²) in [6, 6.07) is 6.14. The van der Waals surface area contributed by atoms with Crippen LogP contribution in [0.5, 0.6) is 5.75 Å². The zero-order valence-electron chi connectivity index (χ0n) is 10.6. The molecule has 0 unspecified atom stereocenters. The van der Waals surface area contributed by atoms with E-state index in [0.29, 0.717) is 6.61 Å². The first kappa shape index (κ1) is 11.7. The van der Waals surface area contributed by atoms with E-state index in [2.05, 4.69) is 24.9 Å². The predicted molar refractivity (Wildman–Crippen MR) is 68.3 cm³/mol. The van der Waals surface area contributed by atoms with Crippen molar-refractivity contribution in [2.75, 3.05) is 6.61 Å². The molecule has 0 N–H and O–H groups in total. The molecule has 0 aliphatic carbocycles. The minimum Gasteiger partial charge on any atom is -0.493 e. The van der Waals surface area contributed by atoms with Crippen molar-refractivity contribution in [1.29, 1.82) is 0 Å². The van der Waals surface area contributed by atoms with E-state index < -0.39 is 0 Å². The Labute approximate surface area is 102 Å². The van der Waals surface area contributed by atoms with Crippen LogP contribution in [0.2, 0.25) is 0 Å². The Kier molecular flexibility index (Phi) is 3.47. The van der Waals surface area contributed by atoms with Gasteiger partial charge in [-0.1, -0.05) is 12.1 Å². The van der Waals surface area contributed by atoms with E-state index in [4.69, 9.17) is 4.74 Å². The molecule has 0 radical (unpaired) electrons. The summed E-state index contributed by atoms with van der Waals surface area (Å²) < 4.78 is 7.81. The van der Waals surface area contributed by atoms with Crippen LogP contribution in [0.15, 0.2) is 30.6 Å². The highest BCUT2D eigenvalue weighted by Gasteiger charge is 2.03. The summed E-state index contributed by atoms with van der Waals surface area (Å²) in [5, 5.41) is 0. The van der Waals surface area contributed by atoms with Gasteiger partial charge in [-0.05, 0) is 31.0 Å². The Hall–Kier alpha value is -1.77. The summed E-state index contributed by atoms with van der Waals surface area (Å²) in [4.78, 5) is 4.27. The largest absolute Gasteiger partial charge is 0.493 e. The Bertz CT molecular complexity index is 503. The van der Waals surface area contributed by atoms with Gasteiger partial charge in [0.05, 0.1) is 6.61 Å². The molecule has 0 aliphatic heterocycles. The highest BCUT2D eigenvalue weighted by atomic mass is 16.5. The third-order valence-electron chi connectivity index (χ3n) is 3.06. The highest BCUT2D eigenvalue weighted by Crippen LogP contribution is 2.20. The van der Waals surface area contributed by atoms with E-state index >= 15 is 0 Å². The smallest absolute Gasteiger partial charge is 0.122 e. The van der Waals surface area contributed by atoms with E-state index in [9.17, 15) is 0 Å². The molecule has 17 heavy (non-hydrogen) atoms. The summed E-state index contributed by atoms with van der Waals surface area (Å²) in [6.07, 6.45) is 4.59. The van der Waals surface area contributed by atoms with E-state index in [0.717, 1.165) is 18.0 Å². The van der Waals surface area contributed by atoms with Crippen molar-refractivity contribution in [3.63, 3.8) is 0 Å². The van der Waals surface area contributed by atoms with E-state index in [1.54, 1.807) is 0 Å². The minimum atomic E-state index is 0.662. The highest BCUT2D eigenvalue weighted by molar-refractivity contribution is 5.38. The molecule has 0 bridgehead atoms. The lowest BCUT2D eigenvalue weighted by Crippen LogP contribution is -2.07. The van der Waals surface area contributed by atoms with Gasteiger partial charge in [0, 0.05) is 25.9 Å². The molecule has 1 aromatic carbocycles. The number of nitrogens with zero attached hydrogens (tertiary/aromatic N) is 2. The summed E-state index contributed by atoms with van der Waals surface area (Å²) in [5.74, 6) is 2.02. The molecule has 0 atom stereocenters. The summed E-state index contributed by atoms with van der Waals surface area (Å²) >= 11 is 0. The number of ether oxygens (including phenoxy) is 1. The Balaban J connectivity index is 1.95. The quantitative estimate of drug-likeness (QED) is 0.807. The average Bonchev–Trinajstić information content (AvgIpc) is 2.71. The van der Waals surface area contributed by atoms with Crippen LogP contribution in [0, 0.1) is 13.8 Å². The maximum atomic E-state index is 5.79. The van der Waals surface area contributed by atoms with Crippen molar-refractivity contribution in [3.05, 3.63) is 47.5 Å². The fraction of sp³-hybridized carbons (Fsp3) is 0.357. The van der Waals surface area contributed by atoms with Gasteiger partial charge in [-0.2, -0.15) is 0 Å². The molecule has 3 nitrogen and oxygen atoms in total. The van der Waals surface area contributed by atoms with Crippen molar-refractivity contribution in [2.24, 2.45) is 7.05 Å². The van der Waals surface area contributed by atoms with Crippen LogP contribution < -0.4 is 4.74 Å². The third kappa shape index (κ3) is 2.67. The second-order valence-electron chi connectivity index (χ2n) is 4.25. The molecule has 0 amide bonds. The number of hydrogen-bond acceptors (Lipinski definition) is 2. The average molecular weight is 230 g/mol. The van der Waals surface area contributed by atoms with Crippen LogP contribution in [-0.2, 0) is 13.5 Å². The molecule has 3 heteroatoms. The monoisotopic (exact) mass is 230 g/mol. The minimum absolute atomic E-state index is 0.662. The lowest BCUT2D eigenvalue weighted by atomic mass is 10.1. The lowest BCUT2D eigenvalue weighted by Gasteiger charge is -2.10. The Morgan fingerprint density at radius 3 is 2.82 bits per heavy atom. The molecule has 0 saturated carbocycles. The fourth-order valence-electron chi connectivity index (χ4n) is 1.77. The summed E-state index contributed by atoms with van der Waals surface area (Å²) in [7, 11) is 2.00. The van der Waals surface area contributed by atoms with Crippen LogP contribution in [0.1, 0.15) is 17.0 Å². The number of benzene rings is 1. The molecule has 1 heterocycles. The van der Waals surface area contributed by atoms with Gasteiger partial charge in [0.25, 0.3) is 0 Å². The van der Waals surface area contributed by atoms with Gasteiger partial charge in [0.15, 0.2) is 0 Å². The number of hydrogen-bond donors (Lipinski definition) is 0. The first-order chi connectivity index (χ1) is 8.18. The van der Waals surface area contributed by atoms with E-state index in [1.165, 1.54) is 11.1 Å². The molecule has 0 saturated heterocycles. The molecule has 2 aromatic rings. The van der Waals surface area contributed by atoms with Crippen molar-refractivity contribution < 1.29 is 4.74 Å². The lowest BCUT2D eigenvalue weighted by molar-refractivity contribution is 0.315. The fourth-order valence-corrected chi connectivity index (χ4v) is 1.77. The Morgan fingerprint density at radius 2 is 2.12 bits per heavy atom. The standard InChI is InChI=1S/C14H18N2O/c1-11-5-4-6-13(12(11)2)17-10-7-14-15-8-9-16(14)3/h4-6,8-9H,7,10H2,1-3H3. The topological polar surface area (TPSA) is 27.1 Å². The summed E-state index contributed by atoms with van der Waals surface area (Å²) in [6.45, 7) is 4.85. The second-order valence-corrected chi connectivity index (χ2v) is 4.25. The molecule has 1 aromatic heterocycles. The first-order valence-electron chi connectivity index (χ1n) is 5.83. The zero-order valence-corrected chi connectivity index (χ0v) is 10.6. The second kappa shape index (κ2) is 5.04. The van der Waals surface area contributed by atoms with Crippen molar-refractivity contribution in [1.82, 2.24) is 9.55 Å². The summed E-state index contributed by atoms with van der Waals surface area (Å²) in [5.41, 5.74) is 2.48. The van der Waals surface area contributed by atoms with Gasteiger partial charge >= 0.3 is 0 Å². The van der Waals surface area contributed by atoms with Gasteiger partial charge in [-0.3, -0.25) is 0 Å². The van der Waals surface area contributed by atoms with E-state index in [1.807, 2.05) is 36.1 Å². The van der Waals surface area contributed by atoms with Crippen molar-refractivity contribution >= 4 is 0 Å². The maximum absolute atomic E-state index is 5.79. The number of imidazole rings is 1. The number of rotatable bonds is 4. The van der Waals surface area contributed by atoms with Crippen LogP contribution in [0.3, 0.4) is 0 Å². The number of aryl methyl sites for hydroxylation is 2. The maximum Gasteiger partial charge on any atom is 0.122 e. The molecule has 2 rings (SSSR count).